The van der Waals surface area contributed by atoms with E-state index in [2.05, 4.69) is 19.1 Å². The van der Waals surface area contributed by atoms with Crippen LogP contribution in [-0.2, 0) is 9.53 Å². The van der Waals surface area contributed by atoms with Crippen LogP contribution < -0.4 is 0 Å². The van der Waals surface area contributed by atoms with Crippen molar-refractivity contribution in [2.75, 3.05) is 13.2 Å². The van der Waals surface area contributed by atoms with Crippen molar-refractivity contribution in [3.8, 4) is 0 Å². The molecule has 5 nitrogen and oxygen atoms in total. The Bertz CT molecular complexity index is 431. The molecule has 1 aliphatic rings. The average Bonchev–Trinajstić information content (AvgIpc) is 2.63. The van der Waals surface area contributed by atoms with Crippen LogP contribution in [0.25, 0.3) is 0 Å². The van der Waals surface area contributed by atoms with Gasteiger partial charge in [-0.25, -0.2) is 4.79 Å². The molecule has 0 aliphatic carbocycles. The molecule has 0 spiro atoms. The van der Waals surface area contributed by atoms with E-state index in [1.165, 1.54) is 12.8 Å². The zero-order valence-electron chi connectivity index (χ0n) is 17.8. The number of hydrogen-bond acceptors (Lipinski definition) is 4. The Morgan fingerprint density at radius 2 is 1.71 bits per heavy atom. The topological polar surface area (TPSA) is 87.0 Å². The summed E-state index contributed by atoms with van der Waals surface area (Å²) in [4.78, 5) is 11.2. The molecule has 1 fully saturated rings. The van der Waals surface area contributed by atoms with Gasteiger partial charge in [0.15, 0.2) is 5.60 Å². The van der Waals surface area contributed by atoms with Crippen LogP contribution in [0, 0.1) is 5.92 Å². The van der Waals surface area contributed by atoms with Gasteiger partial charge in [0.05, 0.1) is 19.3 Å². The minimum Gasteiger partial charge on any atom is -0.479 e. The Morgan fingerprint density at radius 1 is 1.07 bits per heavy atom. The fourth-order valence-corrected chi connectivity index (χ4v) is 4.03. The molecule has 5 heteroatoms. The lowest BCUT2D eigenvalue weighted by Gasteiger charge is -2.37. The van der Waals surface area contributed by atoms with Gasteiger partial charge in [-0.1, -0.05) is 57.6 Å². The smallest absolute Gasteiger partial charge is 0.336 e. The lowest BCUT2D eigenvalue weighted by atomic mass is 9.88. The minimum absolute atomic E-state index is 0.128. The molecule has 1 rings (SSSR count). The van der Waals surface area contributed by atoms with E-state index in [1.807, 2.05) is 0 Å². The van der Waals surface area contributed by atoms with Crippen LogP contribution in [-0.4, -0.2) is 46.2 Å². The molecule has 28 heavy (non-hydrogen) atoms. The molecule has 0 bridgehead atoms. The second kappa shape index (κ2) is 15.0. The third-order valence-corrected chi connectivity index (χ3v) is 5.89. The lowest BCUT2D eigenvalue weighted by molar-refractivity contribution is -0.196. The number of aliphatic hydroxyl groups excluding tert-OH is 2. The molecular weight excluding hydrogens is 356 g/mol. The van der Waals surface area contributed by atoms with E-state index in [9.17, 15) is 15.0 Å². The van der Waals surface area contributed by atoms with Gasteiger partial charge < -0.3 is 20.1 Å². The molecule has 3 N–H and O–H groups in total. The van der Waals surface area contributed by atoms with Gasteiger partial charge >= 0.3 is 5.97 Å². The Hall–Kier alpha value is -0.910. The number of aliphatic hydroxyl groups is 2. The van der Waals surface area contributed by atoms with Crippen LogP contribution in [0.1, 0.15) is 96.8 Å². The average molecular weight is 399 g/mol. The molecule has 0 aromatic carbocycles. The summed E-state index contributed by atoms with van der Waals surface area (Å²) < 4.78 is 5.29. The van der Waals surface area contributed by atoms with Gasteiger partial charge in [0.1, 0.15) is 0 Å². The van der Waals surface area contributed by atoms with E-state index in [1.54, 1.807) is 0 Å². The maximum atomic E-state index is 11.2. The van der Waals surface area contributed by atoms with E-state index in [0.717, 1.165) is 64.2 Å². The van der Waals surface area contributed by atoms with E-state index in [-0.39, 0.29) is 6.61 Å². The highest BCUT2D eigenvalue weighted by atomic mass is 16.5. The van der Waals surface area contributed by atoms with Crippen LogP contribution >= 0.6 is 0 Å². The molecule has 0 saturated carbocycles. The molecule has 3 unspecified atom stereocenters. The summed E-state index contributed by atoms with van der Waals surface area (Å²) in [6, 6.07) is 0. The third-order valence-electron chi connectivity index (χ3n) is 5.89. The Labute approximate surface area is 171 Å². The monoisotopic (exact) mass is 398 g/mol. The number of carbonyl (C=O) groups is 1. The Morgan fingerprint density at radius 3 is 2.25 bits per heavy atom. The highest BCUT2D eigenvalue weighted by molar-refractivity contribution is 5.78. The number of hydrogen-bond donors (Lipinski definition) is 3. The molecule has 0 aromatic rings. The van der Waals surface area contributed by atoms with Crippen LogP contribution in [0.2, 0.25) is 0 Å². The highest BCUT2D eigenvalue weighted by Crippen LogP contribution is 2.32. The van der Waals surface area contributed by atoms with Crippen molar-refractivity contribution in [1.82, 2.24) is 0 Å². The molecule has 0 amide bonds. The van der Waals surface area contributed by atoms with Crippen molar-refractivity contribution >= 4 is 5.97 Å². The molecule has 1 saturated heterocycles. The third kappa shape index (κ3) is 10.0. The quantitative estimate of drug-likeness (QED) is 0.227. The van der Waals surface area contributed by atoms with Crippen molar-refractivity contribution in [2.24, 2.45) is 5.92 Å². The van der Waals surface area contributed by atoms with Crippen molar-refractivity contribution in [3.05, 3.63) is 12.2 Å². The summed E-state index contributed by atoms with van der Waals surface area (Å²) in [5.41, 5.74) is -0.869. The number of unbranched alkanes of at least 4 members (excludes halogenated alkanes) is 6. The van der Waals surface area contributed by atoms with Gasteiger partial charge in [0.25, 0.3) is 0 Å². The van der Waals surface area contributed by atoms with E-state index < -0.39 is 17.7 Å². The first-order valence-electron chi connectivity index (χ1n) is 11.4. The normalized spacial score (nSPS) is 21.5. The van der Waals surface area contributed by atoms with Crippen molar-refractivity contribution in [3.63, 3.8) is 0 Å². The molecular formula is C23H42O5. The van der Waals surface area contributed by atoms with Gasteiger partial charge in [-0.3, -0.25) is 0 Å². The molecule has 0 aromatic heterocycles. The van der Waals surface area contributed by atoms with Gasteiger partial charge in [0.2, 0.25) is 0 Å². The predicted molar refractivity (Wildman–Crippen MR) is 112 cm³/mol. The van der Waals surface area contributed by atoms with Crippen molar-refractivity contribution in [2.45, 2.75) is 109 Å². The molecule has 1 heterocycles. The Kier molecular flexibility index (Phi) is 13.5. The van der Waals surface area contributed by atoms with Gasteiger partial charge in [0, 0.05) is 6.42 Å². The zero-order chi connectivity index (χ0) is 20.7. The molecule has 1 aliphatic heterocycles. The molecule has 3 atom stereocenters. The van der Waals surface area contributed by atoms with Gasteiger partial charge in [-0.2, -0.15) is 0 Å². The lowest BCUT2D eigenvalue weighted by Crippen LogP contribution is -2.50. The summed E-state index contributed by atoms with van der Waals surface area (Å²) >= 11 is 0. The number of carboxylic acids is 1. The van der Waals surface area contributed by atoms with Gasteiger partial charge in [-0.05, 0) is 50.9 Å². The SMILES string of the molecule is CCCC(CCCC/C=C\CCCCCCC1(C(=O)O)CCO1)CC(O)CO. The number of aliphatic carboxylic acids is 1. The van der Waals surface area contributed by atoms with Crippen LogP contribution in [0.5, 0.6) is 0 Å². The Balaban J connectivity index is 1.95. The fourth-order valence-electron chi connectivity index (χ4n) is 4.03. The van der Waals surface area contributed by atoms with Crippen LogP contribution in [0.15, 0.2) is 12.2 Å². The first kappa shape index (κ1) is 25.1. The molecule has 164 valence electrons. The number of ether oxygens (including phenoxy) is 1. The van der Waals surface area contributed by atoms with E-state index >= 15 is 0 Å². The number of carboxylic acid groups (broad SMARTS) is 1. The van der Waals surface area contributed by atoms with Crippen LogP contribution in [0.4, 0.5) is 0 Å². The van der Waals surface area contributed by atoms with E-state index in [4.69, 9.17) is 9.84 Å². The fraction of sp³-hybridized carbons (Fsp3) is 0.870. The van der Waals surface area contributed by atoms with Gasteiger partial charge in [-0.15, -0.1) is 0 Å². The summed E-state index contributed by atoms with van der Waals surface area (Å²) in [6.45, 7) is 2.63. The summed E-state index contributed by atoms with van der Waals surface area (Å²) in [5, 5.41) is 27.8. The van der Waals surface area contributed by atoms with E-state index in [0.29, 0.717) is 25.4 Å². The maximum Gasteiger partial charge on any atom is 0.336 e. The largest absolute Gasteiger partial charge is 0.479 e. The van der Waals surface area contributed by atoms with Crippen molar-refractivity contribution in [1.29, 1.82) is 0 Å². The standard InChI is InChI=1S/C23H42O5/c1-2-13-20(18-21(25)19-24)14-11-9-7-5-3-4-6-8-10-12-15-23(22(26)27)16-17-28-23/h3,5,20-21,24-25H,2,4,6-19H2,1H3,(H,26,27)/b5-3-. The van der Waals surface area contributed by atoms with Crippen LogP contribution in [0.3, 0.4) is 0 Å². The first-order valence-corrected chi connectivity index (χ1v) is 11.4. The number of rotatable bonds is 18. The second-order valence-corrected chi connectivity index (χ2v) is 8.33. The summed E-state index contributed by atoms with van der Waals surface area (Å²) in [6.07, 6.45) is 18.3. The summed E-state index contributed by atoms with van der Waals surface area (Å²) in [5.74, 6) is -0.269. The maximum absolute atomic E-state index is 11.2. The molecule has 0 radical (unpaired) electrons. The summed E-state index contributed by atoms with van der Waals surface area (Å²) in [7, 11) is 0. The van der Waals surface area contributed by atoms with Crippen molar-refractivity contribution < 1.29 is 24.9 Å². The second-order valence-electron chi connectivity index (χ2n) is 8.33. The zero-order valence-corrected chi connectivity index (χ0v) is 17.8. The highest BCUT2D eigenvalue weighted by Gasteiger charge is 2.45. The minimum atomic E-state index is -0.869. The first-order chi connectivity index (χ1) is 13.5. The predicted octanol–water partition coefficient (Wildman–Crippen LogP) is 4.85. The number of allylic oxidation sites excluding steroid dienone is 2.